The number of hydrogen-bond acceptors (Lipinski definition) is 2. The first-order chi connectivity index (χ1) is 7.24. The van der Waals surface area contributed by atoms with Crippen LogP contribution in [0.2, 0.25) is 0 Å². The standard InChI is InChI=1S/C13H17NO/c1-11(2)7-6-10-13(14-15)12-8-4-3-5-9-12/h3-5,7-9,15H,6,10H2,1-2H3. The summed E-state index contributed by atoms with van der Waals surface area (Å²) in [7, 11) is 0. The Kier molecular flexibility index (Phi) is 4.61. The fourth-order valence-electron chi connectivity index (χ4n) is 1.38. The van der Waals surface area contributed by atoms with Gasteiger partial charge in [-0.15, -0.1) is 0 Å². The molecule has 0 atom stereocenters. The molecule has 0 saturated heterocycles. The molecule has 1 aromatic carbocycles. The Morgan fingerprint density at radius 3 is 2.47 bits per heavy atom. The smallest absolute Gasteiger partial charge is 0.0870 e. The summed E-state index contributed by atoms with van der Waals surface area (Å²) in [6, 6.07) is 9.76. The minimum absolute atomic E-state index is 0.744. The highest BCUT2D eigenvalue weighted by atomic mass is 16.4. The van der Waals surface area contributed by atoms with Gasteiger partial charge in [-0.2, -0.15) is 0 Å². The maximum atomic E-state index is 8.91. The summed E-state index contributed by atoms with van der Waals surface area (Å²) in [5.74, 6) is 0. The van der Waals surface area contributed by atoms with E-state index in [1.807, 2.05) is 30.3 Å². The molecule has 80 valence electrons. The predicted octanol–water partition coefficient (Wildman–Crippen LogP) is 3.61. The van der Waals surface area contributed by atoms with Crippen LogP contribution in [0.4, 0.5) is 0 Å². The molecule has 1 N–H and O–H groups in total. The van der Waals surface area contributed by atoms with Gasteiger partial charge in [0.15, 0.2) is 0 Å². The van der Waals surface area contributed by atoms with Gasteiger partial charge in [0.2, 0.25) is 0 Å². The fourth-order valence-corrected chi connectivity index (χ4v) is 1.38. The van der Waals surface area contributed by atoms with Gasteiger partial charge < -0.3 is 5.21 Å². The van der Waals surface area contributed by atoms with E-state index in [4.69, 9.17) is 5.21 Å². The second-order valence-electron chi connectivity index (χ2n) is 3.73. The normalized spacial score (nSPS) is 11.2. The molecule has 15 heavy (non-hydrogen) atoms. The summed E-state index contributed by atoms with van der Waals surface area (Å²) in [6.45, 7) is 4.14. The Bertz CT molecular complexity index is 348. The van der Waals surface area contributed by atoms with E-state index in [0.29, 0.717) is 0 Å². The van der Waals surface area contributed by atoms with Crippen molar-refractivity contribution in [2.75, 3.05) is 0 Å². The van der Waals surface area contributed by atoms with E-state index in [1.165, 1.54) is 5.57 Å². The molecule has 0 bridgehead atoms. The zero-order valence-corrected chi connectivity index (χ0v) is 9.27. The molecule has 0 fully saturated rings. The van der Waals surface area contributed by atoms with Gasteiger partial charge in [-0.3, -0.25) is 0 Å². The highest BCUT2D eigenvalue weighted by molar-refractivity contribution is 6.00. The fraction of sp³-hybridized carbons (Fsp3) is 0.308. The Morgan fingerprint density at radius 2 is 1.93 bits per heavy atom. The minimum Gasteiger partial charge on any atom is -0.411 e. The Balaban J connectivity index is 2.63. The molecule has 2 nitrogen and oxygen atoms in total. The molecular formula is C13H17NO. The second kappa shape index (κ2) is 6.02. The van der Waals surface area contributed by atoms with E-state index >= 15 is 0 Å². The Morgan fingerprint density at radius 1 is 1.27 bits per heavy atom. The molecule has 0 aromatic heterocycles. The van der Waals surface area contributed by atoms with Crippen molar-refractivity contribution in [2.45, 2.75) is 26.7 Å². The molecule has 0 radical (unpaired) electrons. The van der Waals surface area contributed by atoms with Crippen molar-refractivity contribution >= 4 is 5.71 Å². The highest BCUT2D eigenvalue weighted by Crippen LogP contribution is 2.07. The van der Waals surface area contributed by atoms with Crippen LogP contribution in [0.15, 0.2) is 47.1 Å². The molecule has 0 aliphatic heterocycles. The average Bonchev–Trinajstić information content (AvgIpc) is 2.25. The molecule has 1 aromatic rings. The molecular weight excluding hydrogens is 186 g/mol. The van der Waals surface area contributed by atoms with Gasteiger partial charge >= 0.3 is 0 Å². The van der Waals surface area contributed by atoms with Crippen molar-refractivity contribution in [2.24, 2.45) is 5.16 Å². The van der Waals surface area contributed by atoms with Gasteiger partial charge in [-0.25, -0.2) is 0 Å². The number of hydrogen-bond donors (Lipinski definition) is 1. The van der Waals surface area contributed by atoms with Crippen LogP contribution in [0.25, 0.3) is 0 Å². The number of allylic oxidation sites excluding steroid dienone is 2. The number of rotatable bonds is 4. The number of nitrogens with zero attached hydrogens (tertiary/aromatic N) is 1. The second-order valence-corrected chi connectivity index (χ2v) is 3.73. The molecule has 0 saturated carbocycles. The first-order valence-electron chi connectivity index (χ1n) is 5.13. The molecule has 0 amide bonds. The van der Waals surface area contributed by atoms with Crippen LogP contribution in [0.3, 0.4) is 0 Å². The lowest BCUT2D eigenvalue weighted by molar-refractivity contribution is 0.318. The zero-order valence-electron chi connectivity index (χ0n) is 9.27. The van der Waals surface area contributed by atoms with Crippen molar-refractivity contribution in [1.82, 2.24) is 0 Å². The molecule has 2 heteroatoms. The summed E-state index contributed by atoms with van der Waals surface area (Å²) in [5.41, 5.74) is 3.02. The van der Waals surface area contributed by atoms with Crippen molar-refractivity contribution in [3.8, 4) is 0 Å². The average molecular weight is 203 g/mol. The SMILES string of the molecule is CC(C)=CCCC(=NO)c1ccccc1. The third-order valence-corrected chi connectivity index (χ3v) is 2.16. The van der Waals surface area contributed by atoms with E-state index in [1.54, 1.807) is 0 Å². The Hall–Kier alpha value is -1.57. The summed E-state index contributed by atoms with van der Waals surface area (Å²) in [5, 5.41) is 12.3. The van der Waals surface area contributed by atoms with Crippen LogP contribution in [0.1, 0.15) is 32.3 Å². The van der Waals surface area contributed by atoms with Gasteiger partial charge in [0.05, 0.1) is 5.71 Å². The van der Waals surface area contributed by atoms with Crippen LogP contribution < -0.4 is 0 Å². The van der Waals surface area contributed by atoms with E-state index in [-0.39, 0.29) is 0 Å². The van der Waals surface area contributed by atoms with E-state index in [2.05, 4.69) is 25.1 Å². The van der Waals surface area contributed by atoms with Crippen LogP contribution in [0, 0.1) is 0 Å². The van der Waals surface area contributed by atoms with Crippen LogP contribution >= 0.6 is 0 Å². The molecule has 1 rings (SSSR count). The number of oxime groups is 1. The molecule has 0 spiro atoms. The third kappa shape index (κ3) is 3.98. The molecule has 0 heterocycles. The van der Waals surface area contributed by atoms with Crippen molar-refractivity contribution in [1.29, 1.82) is 0 Å². The summed E-state index contributed by atoms with van der Waals surface area (Å²) < 4.78 is 0. The van der Waals surface area contributed by atoms with Gasteiger partial charge in [-0.05, 0) is 32.3 Å². The lowest BCUT2D eigenvalue weighted by Gasteiger charge is -2.02. The van der Waals surface area contributed by atoms with Gasteiger partial charge in [0.1, 0.15) is 0 Å². The zero-order chi connectivity index (χ0) is 11.1. The number of benzene rings is 1. The first kappa shape index (κ1) is 11.5. The van der Waals surface area contributed by atoms with Gasteiger partial charge in [0.25, 0.3) is 0 Å². The van der Waals surface area contributed by atoms with E-state index in [9.17, 15) is 0 Å². The Labute approximate surface area is 90.9 Å². The quantitative estimate of drug-likeness (QED) is 0.345. The van der Waals surface area contributed by atoms with Crippen LogP contribution in [0.5, 0.6) is 0 Å². The van der Waals surface area contributed by atoms with Crippen LogP contribution in [-0.2, 0) is 0 Å². The molecule has 0 aliphatic carbocycles. The maximum absolute atomic E-state index is 8.91. The topological polar surface area (TPSA) is 32.6 Å². The minimum atomic E-state index is 0.744. The lowest BCUT2D eigenvalue weighted by Crippen LogP contribution is -1.99. The molecule has 0 unspecified atom stereocenters. The first-order valence-corrected chi connectivity index (χ1v) is 5.13. The predicted molar refractivity (Wildman–Crippen MR) is 63.4 cm³/mol. The van der Waals surface area contributed by atoms with Gasteiger partial charge in [-0.1, -0.05) is 47.1 Å². The van der Waals surface area contributed by atoms with E-state index < -0.39 is 0 Å². The summed E-state index contributed by atoms with van der Waals surface area (Å²) in [4.78, 5) is 0. The van der Waals surface area contributed by atoms with Gasteiger partial charge in [0, 0.05) is 0 Å². The van der Waals surface area contributed by atoms with Crippen molar-refractivity contribution < 1.29 is 5.21 Å². The van der Waals surface area contributed by atoms with Crippen molar-refractivity contribution in [3.63, 3.8) is 0 Å². The summed E-state index contributed by atoms with van der Waals surface area (Å²) in [6.07, 6.45) is 3.83. The monoisotopic (exact) mass is 203 g/mol. The van der Waals surface area contributed by atoms with Crippen molar-refractivity contribution in [3.05, 3.63) is 47.5 Å². The molecule has 0 aliphatic rings. The third-order valence-electron chi connectivity index (χ3n) is 2.16. The maximum Gasteiger partial charge on any atom is 0.0870 e. The lowest BCUT2D eigenvalue weighted by atomic mass is 10.1. The highest BCUT2D eigenvalue weighted by Gasteiger charge is 2.01. The van der Waals surface area contributed by atoms with E-state index in [0.717, 1.165) is 24.1 Å². The summed E-state index contributed by atoms with van der Waals surface area (Å²) >= 11 is 0. The van der Waals surface area contributed by atoms with Crippen LogP contribution in [-0.4, -0.2) is 10.9 Å². The largest absolute Gasteiger partial charge is 0.411 e.